The SMILES string of the molecule is C=C(CN=[N+]=[N-])CS(=O)(=O)c1ccc(C)cc1. The molecule has 0 aliphatic carbocycles. The van der Waals surface area contributed by atoms with Gasteiger partial charge >= 0.3 is 0 Å². The Bertz CT molecular complexity index is 555. The molecule has 6 heteroatoms. The van der Waals surface area contributed by atoms with Crippen molar-refractivity contribution in [2.24, 2.45) is 5.11 Å². The van der Waals surface area contributed by atoms with E-state index in [9.17, 15) is 8.42 Å². The van der Waals surface area contributed by atoms with E-state index in [2.05, 4.69) is 16.6 Å². The Morgan fingerprint density at radius 1 is 1.41 bits per heavy atom. The van der Waals surface area contributed by atoms with Crippen molar-refractivity contribution in [3.8, 4) is 0 Å². The van der Waals surface area contributed by atoms with Crippen molar-refractivity contribution in [1.82, 2.24) is 0 Å². The van der Waals surface area contributed by atoms with Crippen molar-refractivity contribution in [3.63, 3.8) is 0 Å². The van der Waals surface area contributed by atoms with Crippen molar-refractivity contribution >= 4 is 9.84 Å². The van der Waals surface area contributed by atoms with Gasteiger partial charge in [0.1, 0.15) is 0 Å². The van der Waals surface area contributed by atoms with E-state index in [0.29, 0.717) is 5.57 Å². The molecule has 0 amide bonds. The average molecular weight is 251 g/mol. The molecule has 0 saturated heterocycles. The predicted octanol–water partition coefficient (Wildman–Crippen LogP) is 2.64. The Morgan fingerprint density at radius 2 is 2.00 bits per heavy atom. The summed E-state index contributed by atoms with van der Waals surface area (Å²) in [5.41, 5.74) is 9.50. The van der Waals surface area contributed by atoms with Crippen LogP contribution in [0.1, 0.15) is 5.56 Å². The van der Waals surface area contributed by atoms with E-state index in [0.717, 1.165) is 5.56 Å². The molecular weight excluding hydrogens is 238 g/mol. The van der Waals surface area contributed by atoms with Gasteiger partial charge in [0.05, 0.1) is 10.6 Å². The van der Waals surface area contributed by atoms with Crippen LogP contribution in [0.5, 0.6) is 0 Å². The van der Waals surface area contributed by atoms with Gasteiger partial charge in [-0.2, -0.15) is 0 Å². The van der Waals surface area contributed by atoms with Crippen LogP contribution in [0.4, 0.5) is 0 Å². The zero-order chi connectivity index (χ0) is 12.9. The number of benzene rings is 1. The first-order chi connectivity index (χ1) is 7.95. The lowest BCUT2D eigenvalue weighted by Crippen LogP contribution is -2.10. The van der Waals surface area contributed by atoms with Crippen molar-refractivity contribution in [3.05, 3.63) is 52.4 Å². The number of aryl methyl sites for hydroxylation is 1. The first kappa shape index (κ1) is 13.3. The fourth-order valence-corrected chi connectivity index (χ4v) is 2.62. The van der Waals surface area contributed by atoms with Crippen LogP contribution in [0.15, 0.2) is 46.4 Å². The molecule has 0 aromatic heterocycles. The zero-order valence-electron chi connectivity index (χ0n) is 9.50. The van der Waals surface area contributed by atoms with Crippen molar-refractivity contribution < 1.29 is 8.42 Å². The van der Waals surface area contributed by atoms with Gasteiger partial charge in [0.15, 0.2) is 9.84 Å². The van der Waals surface area contributed by atoms with Crippen LogP contribution in [0.2, 0.25) is 0 Å². The zero-order valence-corrected chi connectivity index (χ0v) is 10.3. The molecule has 1 rings (SSSR count). The molecule has 90 valence electrons. The number of rotatable bonds is 5. The molecule has 0 N–H and O–H groups in total. The van der Waals surface area contributed by atoms with E-state index in [1.807, 2.05) is 6.92 Å². The summed E-state index contributed by atoms with van der Waals surface area (Å²) in [6.07, 6.45) is 0. The lowest BCUT2D eigenvalue weighted by atomic mass is 10.2. The standard InChI is InChI=1S/C11H13N3O2S/c1-9-3-5-11(6-4-9)17(15,16)8-10(2)7-13-14-12/h3-6H,2,7-8H2,1H3. The molecule has 0 atom stereocenters. The quantitative estimate of drug-likeness (QED) is 0.349. The maximum Gasteiger partial charge on any atom is 0.182 e. The second-order valence-electron chi connectivity index (χ2n) is 3.71. The fourth-order valence-electron chi connectivity index (χ4n) is 1.27. The van der Waals surface area contributed by atoms with Crippen LogP contribution in [0.3, 0.4) is 0 Å². The molecule has 5 nitrogen and oxygen atoms in total. The largest absolute Gasteiger partial charge is 0.223 e. The maximum atomic E-state index is 11.9. The summed E-state index contributed by atoms with van der Waals surface area (Å²) in [7, 11) is -3.39. The van der Waals surface area contributed by atoms with Gasteiger partial charge in [-0.25, -0.2) is 8.42 Å². The van der Waals surface area contributed by atoms with E-state index in [4.69, 9.17) is 5.53 Å². The molecule has 0 saturated carbocycles. The summed E-state index contributed by atoms with van der Waals surface area (Å²) >= 11 is 0. The number of azide groups is 1. The molecule has 1 aromatic carbocycles. The van der Waals surface area contributed by atoms with Gasteiger partial charge in [0.2, 0.25) is 0 Å². The smallest absolute Gasteiger partial charge is 0.182 e. The van der Waals surface area contributed by atoms with Crippen LogP contribution < -0.4 is 0 Å². The maximum absolute atomic E-state index is 11.9. The number of sulfone groups is 1. The molecule has 0 unspecified atom stereocenters. The van der Waals surface area contributed by atoms with Gasteiger partial charge in [-0.15, -0.1) is 0 Å². The van der Waals surface area contributed by atoms with Gasteiger partial charge < -0.3 is 0 Å². The lowest BCUT2D eigenvalue weighted by molar-refractivity contribution is 0.598. The summed E-state index contributed by atoms with van der Waals surface area (Å²) in [5, 5.41) is 3.28. The molecule has 0 heterocycles. The van der Waals surface area contributed by atoms with Crippen molar-refractivity contribution in [2.75, 3.05) is 12.3 Å². The fraction of sp³-hybridized carbons (Fsp3) is 0.273. The number of nitrogens with zero attached hydrogens (tertiary/aromatic N) is 3. The third-order valence-corrected chi connectivity index (χ3v) is 3.91. The summed E-state index contributed by atoms with van der Waals surface area (Å²) < 4.78 is 23.8. The first-order valence-electron chi connectivity index (χ1n) is 4.92. The number of hydrogen-bond donors (Lipinski definition) is 0. The minimum atomic E-state index is -3.39. The minimum Gasteiger partial charge on any atom is -0.223 e. The van der Waals surface area contributed by atoms with Crippen LogP contribution in [0.25, 0.3) is 10.4 Å². The van der Waals surface area contributed by atoms with Crippen molar-refractivity contribution in [1.29, 1.82) is 0 Å². The second-order valence-corrected chi connectivity index (χ2v) is 5.70. The highest BCUT2D eigenvalue weighted by Crippen LogP contribution is 2.14. The van der Waals surface area contributed by atoms with E-state index in [1.165, 1.54) is 0 Å². The molecule has 0 spiro atoms. The third-order valence-electron chi connectivity index (χ3n) is 2.13. The first-order valence-corrected chi connectivity index (χ1v) is 6.58. The van der Waals surface area contributed by atoms with E-state index in [-0.39, 0.29) is 17.2 Å². The third kappa shape index (κ3) is 3.94. The van der Waals surface area contributed by atoms with Gasteiger partial charge in [0, 0.05) is 11.5 Å². The molecule has 0 aliphatic heterocycles. The van der Waals surface area contributed by atoms with Crippen molar-refractivity contribution in [2.45, 2.75) is 11.8 Å². The van der Waals surface area contributed by atoms with Gasteiger partial charge in [-0.1, -0.05) is 35.0 Å². The molecule has 0 radical (unpaired) electrons. The number of hydrogen-bond acceptors (Lipinski definition) is 3. The summed E-state index contributed by atoms with van der Waals surface area (Å²) in [4.78, 5) is 2.81. The van der Waals surface area contributed by atoms with Crippen LogP contribution >= 0.6 is 0 Å². The van der Waals surface area contributed by atoms with E-state index >= 15 is 0 Å². The summed E-state index contributed by atoms with van der Waals surface area (Å²) in [5.74, 6) is -0.199. The molecule has 17 heavy (non-hydrogen) atoms. The minimum absolute atomic E-state index is 0.00158. The van der Waals surface area contributed by atoms with Gasteiger partial charge in [0.25, 0.3) is 0 Å². The molecule has 0 fully saturated rings. The van der Waals surface area contributed by atoms with Crippen LogP contribution in [-0.2, 0) is 9.84 Å². The summed E-state index contributed by atoms with van der Waals surface area (Å²) in [6.45, 7) is 5.46. The van der Waals surface area contributed by atoms with E-state index < -0.39 is 9.84 Å². The van der Waals surface area contributed by atoms with Crippen LogP contribution in [-0.4, -0.2) is 20.7 Å². The molecule has 0 aliphatic rings. The molecular formula is C11H13N3O2S. The topological polar surface area (TPSA) is 82.9 Å². The van der Waals surface area contributed by atoms with Gasteiger partial charge in [-0.3, -0.25) is 0 Å². The average Bonchev–Trinajstić information content (AvgIpc) is 2.26. The molecule has 1 aromatic rings. The monoisotopic (exact) mass is 251 g/mol. The second kappa shape index (κ2) is 5.52. The lowest BCUT2D eigenvalue weighted by Gasteiger charge is -2.05. The normalized spacial score (nSPS) is 10.6. The van der Waals surface area contributed by atoms with Crippen LogP contribution in [0, 0.1) is 6.92 Å². The summed E-state index contributed by atoms with van der Waals surface area (Å²) in [6, 6.07) is 6.60. The van der Waals surface area contributed by atoms with Gasteiger partial charge in [-0.05, 0) is 24.6 Å². The highest BCUT2D eigenvalue weighted by Gasteiger charge is 2.15. The molecule has 0 bridgehead atoms. The Hall–Kier alpha value is -1.78. The highest BCUT2D eigenvalue weighted by molar-refractivity contribution is 7.91. The Labute approximate surface area is 100 Å². The Balaban J connectivity index is 2.85. The predicted molar refractivity (Wildman–Crippen MR) is 66.4 cm³/mol. The van der Waals surface area contributed by atoms with E-state index in [1.54, 1.807) is 24.3 Å². The Morgan fingerprint density at radius 3 is 2.53 bits per heavy atom. The Kier molecular flexibility index (Phi) is 4.31. The highest BCUT2D eigenvalue weighted by atomic mass is 32.2.